The number of carboxylic acid groups (broad SMARTS) is 1. The molecule has 0 unspecified atom stereocenters. The Bertz CT molecular complexity index is 495. The summed E-state index contributed by atoms with van der Waals surface area (Å²) in [4.78, 5) is 29.3. The molecule has 7 heteroatoms. The molecular weight excluding hydrogens is 271 g/mol. The highest BCUT2D eigenvalue weighted by Gasteiger charge is 2.27. The lowest BCUT2D eigenvalue weighted by Crippen LogP contribution is -2.39. The van der Waals surface area contributed by atoms with Crippen LogP contribution in [0.15, 0.2) is 0 Å². The molecule has 1 fully saturated rings. The minimum absolute atomic E-state index is 0.0689. The largest absolute Gasteiger partial charge is 0.476 e. The van der Waals surface area contributed by atoms with Crippen molar-refractivity contribution in [1.82, 2.24) is 9.88 Å². The fraction of sp³-hybridized carbons (Fsp3) is 0.583. The number of carbonyl (C=O) groups is 2. The normalized spacial score (nSPS) is 16.6. The summed E-state index contributed by atoms with van der Waals surface area (Å²) in [7, 11) is 0. The maximum Gasteiger partial charge on any atom is 0.365 e. The number of hydrogen-bond acceptors (Lipinski definition) is 4. The number of amides is 1. The Kier molecular flexibility index (Phi) is 4.14. The number of likely N-dealkylation sites (tertiary alicyclic amines) is 1. The first kappa shape index (κ1) is 13.9. The van der Waals surface area contributed by atoms with Crippen molar-refractivity contribution in [2.45, 2.75) is 32.4 Å². The van der Waals surface area contributed by atoms with Crippen LogP contribution in [0.4, 0.5) is 4.39 Å². The van der Waals surface area contributed by atoms with Gasteiger partial charge in [-0.05, 0) is 19.3 Å². The Hall–Kier alpha value is -1.50. The first-order valence-electron chi connectivity index (χ1n) is 6.19. The molecule has 0 spiro atoms. The molecule has 0 atom stereocenters. The minimum atomic E-state index is -1.12. The van der Waals surface area contributed by atoms with Gasteiger partial charge in [-0.3, -0.25) is 4.79 Å². The van der Waals surface area contributed by atoms with Gasteiger partial charge in [0, 0.05) is 18.0 Å². The lowest BCUT2D eigenvalue weighted by Gasteiger charge is -2.28. The number of carbonyl (C=O) groups excluding carboxylic acids is 1. The van der Waals surface area contributed by atoms with E-state index >= 15 is 0 Å². The van der Waals surface area contributed by atoms with Gasteiger partial charge < -0.3 is 10.0 Å². The number of aromatic carboxylic acids is 1. The summed E-state index contributed by atoms with van der Waals surface area (Å²) >= 11 is 1.03. The predicted molar refractivity (Wildman–Crippen MR) is 68.5 cm³/mol. The van der Waals surface area contributed by atoms with Crippen molar-refractivity contribution < 1.29 is 19.1 Å². The molecule has 19 heavy (non-hydrogen) atoms. The summed E-state index contributed by atoms with van der Waals surface area (Å²) in [6, 6.07) is 0. The molecule has 0 saturated carbocycles. The molecule has 0 aromatic carbocycles. The summed E-state index contributed by atoms with van der Waals surface area (Å²) in [5, 5.41) is 8.85. The van der Waals surface area contributed by atoms with Gasteiger partial charge in [-0.1, -0.05) is 6.92 Å². The molecule has 1 saturated heterocycles. The van der Waals surface area contributed by atoms with Gasteiger partial charge in [0.15, 0.2) is 0 Å². The highest BCUT2D eigenvalue weighted by Crippen LogP contribution is 2.23. The van der Waals surface area contributed by atoms with Crippen molar-refractivity contribution in [2.24, 2.45) is 0 Å². The zero-order valence-corrected chi connectivity index (χ0v) is 11.4. The standard InChI is InChI=1S/C12H15FN2O3S/c1-2-8-9(14-10(19-8)12(17)18)11(16)15-5-3-7(13)4-6-15/h7H,2-6H2,1H3,(H,17,18). The maximum absolute atomic E-state index is 13.0. The van der Waals surface area contributed by atoms with E-state index in [0.29, 0.717) is 37.2 Å². The number of alkyl halides is 1. The second-order valence-corrected chi connectivity index (χ2v) is 5.50. The molecule has 1 aliphatic heterocycles. The smallest absolute Gasteiger partial charge is 0.365 e. The molecule has 2 heterocycles. The molecule has 1 aromatic heterocycles. The van der Waals surface area contributed by atoms with Crippen LogP contribution in [0.25, 0.3) is 0 Å². The monoisotopic (exact) mass is 286 g/mol. The zero-order chi connectivity index (χ0) is 14.0. The number of aromatic nitrogens is 1. The number of halogens is 1. The van der Waals surface area contributed by atoms with E-state index in [1.165, 1.54) is 0 Å². The average molecular weight is 286 g/mol. The van der Waals surface area contributed by atoms with E-state index in [4.69, 9.17) is 5.11 Å². The molecule has 2 rings (SSSR count). The van der Waals surface area contributed by atoms with E-state index in [1.807, 2.05) is 6.92 Å². The quantitative estimate of drug-likeness (QED) is 0.922. The van der Waals surface area contributed by atoms with E-state index in [1.54, 1.807) is 4.90 Å². The Morgan fingerprint density at radius 1 is 1.47 bits per heavy atom. The lowest BCUT2D eigenvalue weighted by atomic mass is 10.1. The van der Waals surface area contributed by atoms with Crippen LogP contribution in [0.5, 0.6) is 0 Å². The van der Waals surface area contributed by atoms with Crippen LogP contribution in [0.3, 0.4) is 0 Å². The molecular formula is C12H15FN2O3S. The fourth-order valence-corrected chi connectivity index (χ4v) is 2.88. The van der Waals surface area contributed by atoms with Crippen molar-refractivity contribution >= 4 is 23.2 Å². The second kappa shape index (κ2) is 5.64. The average Bonchev–Trinajstić information content (AvgIpc) is 2.83. The van der Waals surface area contributed by atoms with Crippen molar-refractivity contribution in [3.63, 3.8) is 0 Å². The fourth-order valence-electron chi connectivity index (χ4n) is 2.05. The SMILES string of the molecule is CCc1sc(C(=O)O)nc1C(=O)N1CCC(F)CC1. The zero-order valence-electron chi connectivity index (χ0n) is 10.6. The van der Waals surface area contributed by atoms with Crippen molar-refractivity contribution in [1.29, 1.82) is 0 Å². The highest BCUT2D eigenvalue weighted by molar-refractivity contribution is 7.13. The van der Waals surface area contributed by atoms with E-state index in [9.17, 15) is 14.0 Å². The van der Waals surface area contributed by atoms with Crippen molar-refractivity contribution in [2.75, 3.05) is 13.1 Å². The highest BCUT2D eigenvalue weighted by atomic mass is 32.1. The van der Waals surface area contributed by atoms with Gasteiger partial charge in [0.2, 0.25) is 5.01 Å². The Morgan fingerprint density at radius 3 is 2.63 bits per heavy atom. The van der Waals surface area contributed by atoms with Crippen LogP contribution in [0, 0.1) is 0 Å². The summed E-state index contributed by atoms with van der Waals surface area (Å²) in [6.45, 7) is 2.58. The molecule has 0 aliphatic carbocycles. The summed E-state index contributed by atoms with van der Waals surface area (Å²) < 4.78 is 13.0. The van der Waals surface area contributed by atoms with Crippen LogP contribution in [0.2, 0.25) is 0 Å². The van der Waals surface area contributed by atoms with E-state index < -0.39 is 12.1 Å². The first-order chi connectivity index (χ1) is 9.02. The number of nitrogens with zero attached hydrogens (tertiary/aromatic N) is 2. The van der Waals surface area contributed by atoms with Gasteiger partial charge in [-0.15, -0.1) is 11.3 Å². The summed E-state index contributed by atoms with van der Waals surface area (Å²) in [5.74, 6) is -1.41. The number of hydrogen-bond donors (Lipinski definition) is 1. The van der Waals surface area contributed by atoms with Crippen molar-refractivity contribution in [3.8, 4) is 0 Å². The number of carboxylic acids is 1. The predicted octanol–water partition coefficient (Wildman–Crippen LogP) is 1.98. The number of piperidine rings is 1. The molecule has 0 bridgehead atoms. The van der Waals surface area contributed by atoms with E-state index in [0.717, 1.165) is 11.3 Å². The van der Waals surface area contributed by atoms with Crippen LogP contribution in [0.1, 0.15) is 44.9 Å². The molecule has 104 valence electrons. The van der Waals surface area contributed by atoms with Gasteiger partial charge in [0.25, 0.3) is 5.91 Å². The Labute approximate surface area is 114 Å². The molecule has 0 radical (unpaired) electrons. The maximum atomic E-state index is 13.0. The first-order valence-corrected chi connectivity index (χ1v) is 7.01. The second-order valence-electron chi connectivity index (χ2n) is 4.42. The Balaban J connectivity index is 2.20. The van der Waals surface area contributed by atoms with Crippen LogP contribution in [-0.4, -0.2) is 46.1 Å². The van der Waals surface area contributed by atoms with Gasteiger partial charge >= 0.3 is 5.97 Å². The van der Waals surface area contributed by atoms with E-state index in [2.05, 4.69) is 4.98 Å². The topological polar surface area (TPSA) is 70.5 Å². The van der Waals surface area contributed by atoms with Crippen molar-refractivity contribution in [3.05, 3.63) is 15.6 Å². The van der Waals surface area contributed by atoms with Gasteiger partial charge in [-0.25, -0.2) is 14.2 Å². The third kappa shape index (κ3) is 2.91. The minimum Gasteiger partial charge on any atom is -0.476 e. The number of thiazole rings is 1. The Morgan fingerprint density at radius 2 is 2.11 bits per heavy atom. The third-order valence-electron chi connectivity index (χ3n) is 3.12. The van der Waals surface area contributed by atoms with Gasteiger partial charge in [-0.2, -0.15) is 0 Å². The lowest BCUT2D eigenvalue weighted by molar-refractivity contribution is 0.0660. The van der Waals surface area contributed by atoms with E-state index in [-0.39, 0.29) is 16.6 Å². The molecule has 1 N–H and O–H groups in total. The summed E-state index contributed by atoms with van der Waals surface area (Å²) in [5.41, 5.74) is 0.210. The molecule has 1 aliphatic rings. The van der Waals surface area contributed by atoms with Crippen LogP contribution < -0.4 is 0 Å². The molecule has 5 nitrogen and oxygen atoms in total. The molecule has 1 aromatic rings. The number of rotatable bonds is 3. The third-order valence-corrected chi connectivity index (χ3v) is 4.30. The van der Waals surface area contributed by atoms with Crippen LogP contribution >= 0.6 is 11.3 Å². The molecule has 1 amide bonds. The summed E-state index contributed by atoms with van der Waals surface area (Å²) in [6.07, 6.45) is 0.386. The number of aryl methyl sites for hydroxylation is 1. The van der Waals surface area contributed by atoms with Gasteiger partial charge in [0.05, 0.1) is 0 Å². The van der Waals surface area contributed by atoms with Crippen LogP contribution in [-0.2, 0) is 6.42 Å². The van der Waals surface area contributed by atoms with Gasteiger partial charge in [0.1, 0.15) is 11.9 Å².